The molecule has 2 atom stereocenters. The van der Waals surface area contributed by atoms with E-state index in [4.69, 9.17) is 4.74 Å². The molecule has 2 rings (SSSR count). The Labute approximate surface area is 125 Å². The molecule has 2 N–H and O–H groups in total. The monoisotopic (exact) mass is 296 g/mol. The van der Waals surface area contributed by atoms with Gasteiger partial charge in [-0.2, -0.15) is 0 Å². The molecule has 1 fully saturated rings. The summed E-state index contributed by atoms with van der Waals surface area (Å²) in [5, 5.41) is 8.58. The highest BCUT2D eigenvalue weighted by atomic mass is 32.1. The Morgan fingerprint density at radius 3 is 3.10 bits per heavy atom. The van der Waals surface area contributed by atoms with E-state index in [2.05, 4.69) is 45.0 Å². The summed E-state index contributed by atoms with van der Waals surface area (Å²) in [5.74, 6) is 0.827. The number of hydrogen-bond acceptors (Lipinski definition) is 4. The highest BCUT2D eigenvalue weighted by Crippen LogP contribution is 2.26. The molecule has 0 aromatic carbocycles. The maximum Gasteiger partial charge on any atom is 0.190 e. The molecule has 2 unspecified atom stereocenters. The van der Waals surface area contributed by atoms with E-state index in [1.165, 1.54) is 4.88 Å². The van der Waals surface area contributed by atoms with Gasteiger partial charge in [0.1, 0.15) is 0 Å². The van der Waals surface area contributed by atoms with Gasteiger partial charge in [-0.05, 0) is 18.4 Å². The summed E-state index contributed by atoms with van der Waals surface area (Å²) < 4.78 is 5.65. The first kappa shape index (κ1) is 15.3. The molecule has 20 heavy (non-hydrogen) atoms. The topological polar surface area (TPSA) is 48.9 Å². The van der Waals surface area contributed by atoms with E-state index in [-0.39, 0.29) is 0 Å². The van der Waals surface area contributed by atoms with Gasteiger partial charge >= 0.3 is 0 Å². The van der Waals surface area contributed by atoms with Crippen LogP contribution in [0.2, 0.25) is 0 Å². The Morgan fingerprint density at radius 1 is 1.65 bits per heavy atom. The molecule has 1 aliphatic heterocycles. The average molecular weight is 296 g/mol. The first-order valence-corrected chi connectivity index (χ1v) is 7.90. The van der Waals surface area contributed by atoms with E-state index in [0.29, 0.717) is 12.1 Å². The highest BCUT2D eigenvalue weighted by Gasteiger charge is 2.26. The van der Waals surface area contributed by atoms with Crippen LogP contribution in [-0.2, 0) is 4.74 Å². The predicted molar refractivity (Wildman–Crippen MR) is 84.5 cm³/mol. The standard InChI is InChI=1S/C14H24N4OS/c1-11-10-18(6-7-19-11)12(13-5-4-8-20-13)9-17-14(15-2)16-3/h4-5,8,11-12H,6-7,9-10H2,1-3H3,(H2,15,16,17). The van der Waals surface area contributed by atoms with Gasteiger partial charge in [0.05, 0.1) is 18.8 Å². The quantitative estimate of drug-likeness (QED) is 0.650. The van der Waals surface area contributed by atoms with Gasteiger partial charge in [-0.3, -0.25) is 9.89 Å². The minimum Gasteiger partial charge on any atom is -0.376 e. The molecule has 1 aromatic rings. The molecule has 1 aliphatic rings. The molecule has 1 saturated heterocycles. The van der Waals surface area contributed by atoms with Crippen LogP contribution < -0.4 is 10.6 Å². The number of nitrogens with zero attached hydrogens (tertiary/aromatic N) is 2. The van der Waals surface area contributed by atoms with Crippen LogP contribution in [0, 0.1) is 0 Å². The third kappa shape index (κ3) is 3.94. The first-order chi connectivity index (χ1) is 9.74. The van der Waals surface area contributed by atoms with Crippen LogP contribution in [0.25, 0.3) is 0 Å². The molecule has 0 amide bonds. The van der Waals surface area contributed by atoms with Gasteiger partial charge in [0, 0.05) is 38.6 Å². The zero-order chi connectivity index (χ0) is 14.4. The first-order valence-electron chi connectivity index (χ1n) is 7.02. The summed E-state index contributed by atoms with van der Waals surface area (Å²) in [6.45, 7) is 5.75. The van der Waals surface area contributed by atoms with Crippen LogP contribution in [0.1, 0.15) is 17.8 Å². The lowest BCUT2D eigenvalue weighted by Crippen LogP contribution is -2.47. The van der Waals surface area contributed by atoms with Crippen molar-refractivity contribution in [3.63, 3.8) is 0 Å². The molecule has 0 aliphatic carbocycles. The minimum atomic E-state index is 0.301. The Balaban J connectivity index is 2.05. The van der Waals surface area contributed by atoms with Gasteiger partial charge in [-0.15, -0.1) is 11.3 Å². The summed E-state index contributed by atoms with van der Waals surface area (Å²) in [6, 6.07) is 4.69. The van der Waals surface area contributed by atoms with Crippen LogP contribution in [0.15, 0.2) is 22.5 Å². The van der Waals surface area contributed by atoms with Gasteiger partial charge < -0.3 is 15.4 Å². The number of aliphatic imine (C=N–C) groups is 1. The summed E-state index contributed by atoms with van der Waals surface area (Å²) in [7, 11) is 3.67. The molecule has 5 nitrogen and oxygen atoms in total. The second-order valence-electron chi connectivity index (χ2n) is 4.91. The molecule has 0 saturated carbocycles. The van der Waals surface area contributed by atoms with Crippen LogP contribution in [0.3, 0.4) is 0 Å². The average Bonchev–Trinajstić information content (AvgIpc) is 2.97. The van der Waals surface area contributed by atoms with E-state index >= 15 is 0 Å². The third-order valence-electron chi connectivity index (χ3n) is 3.51. The van der Waals surface area contributed by atoms with Crippen LogP contribution >= 0.6 is 11.3 Å². The molecule has 112 valence electrons. The smallest absolute Gasteiger partial charge is 0.190 e. The summed E-state index contributed by atoms with van der Waals surface area (Å²) in [6.07, 6.45) is 0.301. The van der Waals surface area contributed by atoms with Crippen molar-refractivity contribution >= 4 is 17.3 Å². The van der Waals surface area contributed by atoms with E-state index < -0.39 is 0 Å². The fraction of sp³-hybridized carbons (Fsp3) is 0.643. The second-order valence-corrected chi connectivity index (χ2v) is 5.89. The van der Waals surface area contributed by atoms with E-state index in [1.54, 1.807) is 7.05 Å². The van der Waals surface area contributed by atoms with Crippen molar-refractivity contribution < 1.29 is 4.74 Å². The lowest BCUT2D eigenvalue weighted by Gasteiger charge is -2.37. The van der Waals surface area contributed by atoms with Gasteiger partial charge in [0.25, 0.3) is 0 Å². The Kier molecular flexibility index (Phi) is 5.82. The van der Waals surface area contributed by atoms with Crippen molar-refractivity contribution in [2.45, 2.75) is 19.1 Å². The number of thiophene rings is 1. The van der Waals surface area contributed by atoms with E-state index in [9.17, 15) is 0 Å². The van der Waals surface area contributed by atoms with Crippen LogP contribution in [-0.4, -0.2) is 57.3 Å². The van der Waals surface area contributed by atoms with Crippen molar-refractivity contribution in [2.75, 3.05) is 40.3 Å². The zero-order valence-corrected chi connectivity index (χ0v) is 13.2. The largest absolute Gasteiger partial charge is 0.376 e. The maximum atomic E-state index is 5.65. The summed E-state index contributed by atoms with van der Waals surface area (Å²) in [5.41, 5.74) is 0. The molecular weight excluding hydrogens is 272 g/mol. The molecule has 6 heteroatoms. The van der Waals surface area contributed by atoms with Crippen molar-refractivity contribution in [1.82, 2.24) is 15.5 Å². The van der Waals surface area contributed by atoms with Crippen molar-refractivity contribution in [3.05, 3.63) is 22.4 Å². The Hall–Kier alpha value is -1.11. The molecule has 0 radical (unpaired) electrons. The summed E-state index contributed by atoms with van der Waals surface area (Å²) in [4.78, 5) is 8.06. The summed E-state index contributed by atoms with van der Waals surface area (Å²) >= 11 is 1.81. The lowest BCUT2D eigenvalue weighted by molar-refractivity contribution is -0.0334. The molecule has 1 aromatic heterocycles. The fourth-order valence-corrected chi connectivity index (χ4v) is 3.35. The molecule has 2 heterocycles. The zero-order valence-electron chi connectivity index (χ0n) is 12.4. The van der Waals surface area contributed by atoms with Gasteiger partial charge in [0.15, 0.2) is 5.96 Å². The molecule has 0 bridgehead atoms. The highest BCUT2D eigenvalue weighted by molar-refractivity contribution is 7.10. The molecule has 0 spiro atoms. The number of nitrogens with one attached hydrogen (secondary N) is 2. The minimum absolute atomic E-state index is 0.301. The SMILES string of the molecule is CN=C(NC)NCC(c1cccs1)N1CCOC(C)C1. The number of ether oxygens (including phenoxy) is 1. The lowest BCUT2D eigenvalue weighted by atomic mass is 10.1. The maximum absolute atomic E-state index is 5.65. The fourth-order valence-electron chi connectivity index (χ4n) is 2.49. The van der Waals surface area contributed by atoms with E-state index in [0.717, 1.165) is 32.2 Å². The number of guanidine groups is 1. The normalized spacial score (nSPS) is 22.6. The number of rotatable bonds is 4. The Bertz CT molecular complexity index is 421. The van der Waals surface area contributed by atoms with Crippen LogP contribution in [0.5, 0.6) is 0 Å². The van der Waals surface area contributed by atoms with Crippen molar-refractivity contribution in [3.8, 4) is 0 Å². The number of morpholine rings is 1. The number of hydrogen-bond donors (Lipinski definition) is 2. The molecular formula is C14H24N4OS. The predicted octanol–water partition coefficient (Wildman–Crippen LogP) is 1.30. The van der Waals surface area contributed by atoms with E-state index in [1.807, 2.05) is 18.4 Å². The Morgan fingerprint density at radius 2 is 2.50 bits per heavy atom. The second kappa shape index (κ2) is 7.61. The van der Waals surface area contributed by atoms with Gasteiger partial charge in [0.2, 0.25) is 0 Å². The third-order valence-corrected chi connectivity index (χ3v) is 4.48. The van der Waals surface area contributed by atoms with Gasteiger partial charge in [-0.25, -0.2) is 0 Å². The van der Waals surface area contributed by atoms with Crippen molar-refractivity contribution in [1.29, 1.82) is 0 Å². The van der Waals surface area contributed by atoms with Crippen molar-refractivity contribution in [2.24, 2.45) is 4.99 Å². The van der Waals surface area contributed by atoms with Gasteiger partial charge in [-0.1, -0.05) is 6.07 Å². The van der Waals surface area contributed by atoms with Crippen LogP contribution in [0.4, 0.5) is 0 Å².